The number of isocyanates is 1. The Morgan fingerprint density at radius 3 is 1.38 bits per heavy atom. The van der Waals surface area contributed by atoms with E-state index in [2.05, 4.69) is 25.1 Å². The molecule has 0 aliphatic rings. The number of nitrogens with one attached hydrogen (secondary N) is 4. The molecular weight excluding hydrogens is 839 g/mol. The highest BCUT2D eigenvalue weighted by Crippen LogP contribution is 2.31. The Balaban J connectivity index is 0.000000222. The van der Waals surface area contributed by atoms with E-state index in [4.69, 9.17) is 5.73 Å². The van der Waals surface area contributed by atoms with Crippen LogP contribution in [0.25, 0.3) is 0 Å². The maximum Gasteiger partial charge on any atom is 0.416 e. The van der Waals surface area contributed by atoms with E-state index in [0.29, 0.717) is 11.4 Å². The standard InChI is InChI=1S/C20H16F3N3O3S.C12H12N2O2S.C8H4F3NO/c21-20(22,23)14-9-11-15(12-10-14)24-19(27)25-16-5-4-6-17(13-16)26-30(28,29)18-7-2-1-3-8-18;13-10-5-4-6-11(9-10)14-17(15,16)12-7-2-1-3-8-12;9-8(10,11)6-1-3-7(4-2-6)12-5-13/h1-13,26H,(H2,24,25,27);1-9,14H,13H2;1-4H. The van der Waals surface area contributed by atoms with Crippen LogP contribution in [0.4, 0.5) is 65.3 Å². The van der Waals surface area contributed by atoms with Gasteiger partial charge in [0.15, 0.2) is 0 Å². The normalized spacial score (nSPS) is 11.2. The number of halogens is 6. The molecule has 20 heteroatoms. The van der Waals surface area contributed by atoms with E-state index in [9.17, 15) is 52.8 Å². The number of nitrogens with zero attached hydrogens (tertiary/aromatic N) is 1. The molecule has 6 N–H and O–H groups in total. The van der Waals surface area contributed by atoms with Crippen molar-refractivity contribution in [1.82, 2.24) is 0 Å². The first-order chi connectivity index (χ1) is 28.2. The summed E-state index contributed by atoms with van der Waals surface area (Å²) < 4.78 is 127. The van der Waals surface area contributed by atoms with Crippen molar-refractivity contribution in [3.05, 3.63) is 169 Å². The first kappa shape index (κ1) is 45.6. The van der Waals surface area contributed by atoms with Gasteiger partial charge in [-0.3, -0.25) is 9.44 Å². The Morgan fingerprint density at radius 2 is 0.933 bits per heavy atom. The summed E-state index contributed by atoms with van der Waals surface area (Å²) in [5.41, 5.74) is 5.79. The highest BCUT2D eigenvalue weighted by atomic mass is 32.2. The third-order valence-corrected chi connectivity index (χ3v) is 10.3. The van der Waals surface area contributed by atoms with Gasteiger partial charge in [0.05, 0.1) is 38.0 Å². The van der Waals surface area contributed by atoms with Crippen LogP contribution in [-0.2, 0) is 37.2 Å². The van der Waals surface area contributed by atoms with Gasteiger partial charge in [-0.2, -0.15) is 31.3 Å². The van der Waals surface area contributed by atoms with Crippen molar-refractivity contribution >= 4 is 66.3 Å². The molecule has 0 saturated heterocycles. The van der Waals surface area contributed by atoms with Gasteiger partial charge in [-0.25, -0.2) is 26.4 Å². The number of alkyl halides is 6. The third-order valence-electron chi connectivity index (χ3n) is 7.46. The quantitative estimate of drug-likeness (QED) is 0.0414. The first-order valence-corrected chi connectivity index (χ1v) is 19.8. The number of urea groups is 1. The van der Waals surface area contributed by atoms with Crippen LogP contribution in [0.3, 0.4) is 0 Å². The maximum atomic E-state index is 12.6. The number of carbonyl (C=O) groups excluding carboxylic acids is 2. The van der Waals surface area contributed by atoms with Gasteiger partial charge in [-0.1, -0.05) is 48.5 Å². The lowest BCUT2D eigenvalue weighted by Crippen LogP contribution is -2.19. The second-order valence-electron chi connectivity index (χ2n) is 11.9. The van der Waals surface area contributed by atoms with Crippen LogP contribution < -0.4 is 25.8 Å². The van der Waals surface area contributed by atoms with Crippen molar-refractivity contribution < 1.29 is 52.8 Å². The number of nitrogens with two attached hydrogens (primary N) is 1. The van der Waals surface area contributed by atoms with Gasteiger partial charge in [-0.15, -0.1) is 0 Å². The molecule has 0 unspecified atom stereocenters. The summed E-state index contributed by atoms with van der Waals surface area (Å²) >= 11 is 0. The lowest BCUT2D eigenvalue weighted by molar-refractivity contribution is -0.138. The monoisotopic (exact) mass is 870 g/mol. The molecule has 0 fully saturated rings. The van der Waals surface area contributed by atoms with Crippen molar-refractivity contribution in [1.29, 1.82) is 0 Å². The zero-order valence-electron chi connectivity index (χ0n) is 30.6. The van der Waals surface area contributed by atoms with Crippen LogP contribution in [0.1, 0.15) is 11.1 Å². The van der Waals surface area contributed by atoms with Crippen LogP contribution in [0.2, 0.25) is 0 Å². The summed E-state index contributed by atoms with van der Waals surface area (Å²) in [6.45, 7) is 0. The molecule has 60 heavy (non-hydrogen) atoms. The third kappa shape index (κ3) is 14.3. The van der Waals surface area contributed by atoms with Crippen LogP contribution in [-0.4, -0.2) is 28.9 Å². The predicted molar refractivity (Wildman–Crippen MR) is 215 cm³/mol. The molecule has 0 aromatic heterocycles. The number of hydrogen-bond acceptors (Lipinski definition) is 8. The van der Waals surface area contributed by atoms with E-state index < -0.39 is 49.6 Å². The molecule has 6 rings (SSSR count). The minimum absolute atomic E-state index is 0.0865. The number of aliphatic imine (C=N–C) groups is 1. The topological polar surface area (TPSA) is 189 Å². The zero-order valence-corrected chi connectivity index (χ0v) is 32.2. The summed E-state index contributed by atoms with van der Waals surface area (Å²) in [4.78, 5) is 25.3. The molecule has 0 radical (unpaired) electrons. The average Bonchev–Trinajstić information content (AvgIpc) is 3.19. The van der Waals surface area contributed by atoms with Gasteiger partial charge in [0.1, 0.15) is 0 Å². The molecule has 12 nitrogen and oxygen atoms in total. The number of benzene rings is 6. The molecule has 6 aromatic rings. The van der Waals surface area contributed by atoms with Gasteiger partial charge in [-0.05, 0) is 109 Å². The van der Waals surface area contributed by atoms with E-state index in [0.717, 1.165) is 48.5 Å². The minimum Gasteiger partial charge on any atom is -0.399 e. The van der Waals surface area contributed by atoms with Crippen LogP contribution in [0, 0.1) is 0 Å². The molecule has 2 amide bonds. The number of rotatable bonds is 9. The largest absolute Gasteiger partial charge is 0.416 e. The highest BCUT2D eigenvalue weighted by Gasteiger charge is 2.30. The van der Waals surface area contributed by atoms with E-state index in [1.54, 1.807) is 60.7 Å². The summed E-state index contributed by atoms with van der Waals surface area (Å²) in [5, 5.41) is 4.90. The van der Waals surface area contributed by atoms with Crippen molar-refractivity contribution in [2.75, 3.05) is 25.8 Å². The number of hydrogen-bond donors (Lipinski definition) is 5. The fraction of sp³-hybridized carbons (Fsp3) is 0.0500. The predicted octanol–water partition coefficient (Wildman–Crippen LogP) is 9.89. The van der Waals surface area contributed by atoms with Gasteiger partial charge in [0.2, 0.25) is 6.08 Å². The van der Waals surface area contributed by atoms with E-state index in [-0.39, 0.29) is 32.5 Å². The fourth-order valence-electron chi connectivity index (χ4n) is 4.70. The minimum atomic E-state index is -4.46. The fourth-order valence-corrected chi connectivity index (χ4v) is 6.84. The van der Waals surface area contributed by atoms with Crippen molar-refractivity contribution in [3.63, 3.8) is 0 Å². The summed E-state index contributed by atoms with van der Waals surface area (Å²) in [6, 6.07) is 35.8. The number of sulfonamides is 2. The van der Waals surface area contributed by atoms with E-state index >= 15 is 0 Å². The van der Waals surface area contributed by atoms with Gasteiger partial charge >= 0.3 is 18.4 Å². The smallest absolute Gasteiger partial charge is 0.399 e. The first-order valence-electron chi connectivity index (χ1n) is 16.9. The Labute approximate surface area is 339 Å². The zero-order chi connectivity index (χ0) is 44.0. The second kappa shape index (κ2) is 20.0. The second-order valence-corrected chi connectivity index (χ2v) is 15.3. The van der Waals surface area contributed by atoms with E-state index in [1.807, 2.05) is 0 Å². The summed E-state index contributed by atoms with van der Waals surface area (Å²) in [7, 11) is -7.33. The Bertz CT molecular complexity index is 2630. The Morgan fingerprint density at radius 1 is 0.517 bits per heavy atom. The molecule has 0 atom stereocenters. The molecule has 0 heterocycles. The van der Waals surface area contributed by atoms with Crippen molar-refractivity contribution in [2.45, 2.75) is 22.1 Å². The molecule has 0 spiro atoms. The van der Waals surface area contributed by atoms with Gasteiger partial charge in [0, 0.05) is 17.1 Å². The average molecular weight is 871 g/mol. The number of anilines is 5. The van der Waals surface area contributed by atoms with Crippen molar-refractivity contribution in [2.24, 2.45) is 4.99 Å². The van der Waals surface area contributed by atoms with Crippen LogP contribution >= 0.6 is 0 Å². The number of nitrogen functional groups attached to an aromatic ring is 1. The SMILES string of the molecule is Nc1cccc(NS(=O)(=O)c2ccccc2)c1.O=C(Nc1ccc(C(F)(F)F)cc1)Nc1cccc(NS(=O)(=O)c2ccccc2)c1.O=C=Nc1ccc(C(F)(F)F)cc1. The molecule has 312 valence electrons. The molecule has 0 aliphatic heterocycles. The Hall–Kier alpha value is -7.15. The lowest BCUT2D eigenvalue weighted by Gasteiger charge is -2.12. The molecule has 6 aromatic carbocycles. The lowest BCUT2D eigenvalue weighted by atomic mass is 10.2. The van der Waals surface area contributed by atoms with E-state index in [1.165, 1.54) is 54.6 Å². The molecule has 0 saturated carbocycles. The van der Waals surface area contributed by atoms with Crippen molar-refractivity contribution in [3.8, 4) is 0 Å². The van der Waals surface area contributed by atoms with Crippen LogP contribution in [0.15, 0.2) is 173 Å². The van der Waals surface area contributed by atoms with Gasteiger partial charge < -0.3 is 16.4 Å². The molecular formula is C40H32F6N6O6S2. The summed E-state index contributed by atoms with van der Waals surface area (Å²) in [5.74, 6) is 0. The summed E-state index contributed by atoms with van der Waals surface area (Å²) in [6.07, 6.45) is -7.59. The molecule has 0 bridgehead atoms. The Kier molecular flexibility index (Phi) is 15.2. The van der Waals surface area contributed by atoms with Gasteiger partial charge in [0.25, 0.3) is 20.0 Å². The van der Waals surface area contributed by atoms with Crippen LogP contribution in [0.5, 0.6) is 0 Å². The number of amides is 2. The molecule has 0 aliphatic carbocycles. The maximum absolute atomic E-state index is 12.6. The highest BCUT2D eigenvalue weighted by molar-refractivity contribution is 7.93. The number of carbonyl (C=O) groups is 1.